The summed E-state index contributed by atoms with van der Waals surface area (Å²) < 4.78 is 48.0. The van der Waals surface area contributed by atoms with Gasteiger partial charge in [0.25, 0.3) is 5.91 Å². The number of halogens is 3. The molecule has 7 nitrogen and oxygen atoms in total. The van der Waals surface area contributed by atoms with Crippen LogP contribution < -0.4 is 9.64 Å². The molecule has 10 heteroatoms. The van der Waals surface area contributed by atoms with Crippen LogP contribution in [0, 0.1) is 0 Å². The number of amides is 2. The van der Waals surface area contributed by atoms with Crippen molar-refractivity contribution in [3.05, 3.63) is 71.0 Å². The number of carbonyl (C=O) groups is 2. The molecule has 0 N–H and O–H groups in total. The molecular weight excluding hydrogens is 521 g/mol. The Hall–Kier alpha value is -3.82. The maximum atomic E-state index is 13.9. The number of nitrogens with zero attached hydrogens (tertiary/aromatic N) is 4. The Kier molecular flexibility index (Phi) is 7.37. The lowest BCUT2D eigenvalue weighted by Crippen LogP contribution is -2.42. The number of fused-ring (bicyclic) bond motifs is 1. The fourth-order valence-electron chi connectivity index (χ4n) is 6.07. The normalized spacial score (nSPS) is 16.9. The summed E-state index contributed by atoms with van der Waals surface area (Å²) in [6, 6.07) is 14.1. The van der Waals surface area contributed by atoms with Crippen LogP contribution in [0.3, 0.4) is 0 Å². The molecule has 0 saturated heterocycles. The molecule has 2 aliphatic rings. The van der Waals surface area contributed by atoms with Gasteiger partial charge in [0.05, 0.1) is 12.8 Å². The number of aromatic nitrogens is 2. The zero-order valence-corrected chi connectivity index (χ0v) is 22.9. The van der Waals surface area contributed by atoms with Crippen molar-refractivity contribution in [1.82, 2.24) is 14.7 Å². The molecule has 0 radical (unpaired) electrons. The van der Waals surface area contributed by atoms with Crippen LogP contribution in [0.15, 0.2) is 48.5 Å². The van der Waals surface area contributed by atoms with Crippen LogP contribution in [0.2, 0.25) is 0 Å². The molecule has 1 fully saturated rings. The second-order valence-corrected chi connectivity index (χ2v) is 10.8. The van der Waals surface area contributed by atoms with E-state index in [-0.39, 0.29) is 35.5 Å². The number of carbonyl (C=O) groups excluding carboxylic acids is 2. The highest BCUT2D eigenvalue weighted by atomic mass is 19.4. The number of rotatable bonds is 6. The summed E-state index contributed by atoms with van der Waals surface area (Å²) in [5.41, 5.74) is 0.695. The molecule has 2 amide bonds. The minimum absolute atomic E-state index is 0.0167. The second kappa shape index (κ2) is 10.6. The Bertz CT molecular complexity index is 1390. The lowest BCUT2D eigenvalue weighted by atomic mass is 9.69. The SMILES string of the molecule is COc1ccc(-n2nc(C(F)(F)F)c3c2C(=O)N(c2ccc(C4(CN(C)C(C)=O)CCCCC4)cc2)CC3)cc1. The number of methoxy groups -OCH3 is 1. The van der Waals surface area contributed by atoms with Crippen molar-refractivity contribution in [3.63, 3.8) is 0 Å². The van der Waals surface area contributed by atoms with E-state index in [1.165, 1.54) is 12.0 Å². The van der Waals surface area contributed by atoms with Gasteiger partial charge in [-0.25, -0.2) is 4.68 Å². The topological polar surface area (TPSA) is 67.7 Å². The van der Waals surface area contributed by atoms with Gasteiger partial charge in [-0.2, -0.15) is 18.3 Å². The first-order valence-corrected chi connectivity index (χ1v) is 13.5. The lowest BCUT2D eigenvalue weighted by molar-refractivity contribution is -0.142. The third kappa shape index (κ3) is 5.07. The van der Waals surface area contributed by atoms with Crippen molar-refractivity contribution in [2.75, 3.05) is 32.1 Å². The first kappa shape index (κ1) is 27.7. The summed E-state index contributed by atoms with van der Waals surface area (Å²) >= 11 is 0. The van der Waals surface area contributed by atoms with Gasteiger partial charge in [0.1, 0.15) is 11.4 Å². The largest absolute Gasteiger partial charge is 0.497 e. The summed E-state index contributed by atoms with van der Waals surface area (Å²) in [5.74, 6) is 0.0265. The van der Waals surface area contributed by atoms with E-state index < -0.39 is 17.8 Å². The van der Waals surface area contributed by atoms with Gasteiger partial charge in [0, 0.05) is 43.7 Å². The van der Waals surface area contributed by atoms with Gasteiger partial charge in [-0.15, -0.1) is 0 Å². The molecule has 212 valence electrons. The number of ether oxygens (including phenoxy) is 1. The standard InChI is InChI=1S/C30H33F3N4O3/c1-20(38)35(2)19-29(16-5-4-6-17-29)21-7-9-22(10-8-21)36-18-15-25-26(28(36)39)37(34-27(25)30(31,32)33)23-11-13-24(40-3)14-12-23/h7-14H,4-6,15-19H2,1-3H3. The zero-order valence-electron chi connectivity index (χ0n) is 22.9. The monoisotopic (exact) mass is 554 g/mol. The molecule has 3 aromatic rings. The quantitative estimate of drug-likeness (QED) is 0.387. The average molecular weight is 555 g/mol. The number of hydrogen-bond donors (Lipinski definition) is 0. The highest BCUT2D eigenvalue weighted by Crippen LogP contribution is 2.41. The van der Waals surface area contributed by atoms with E-state index in [4.69, 9.17) is 4.74 Å². The molecule has 1 saturated carbocycles. The maximum absolute atomic E-state index is 13.9. The zero-order chi connectivity index (χ0) is 28.7. The van der Waals surface area contributed by atoms with Crippen LogP contribution >= 0.6 is 0 Å². The molecule has 0 unspecified atom stereocenters. The van der Waals surface area contributed by atoms with Crippen molar-refractivity contribution < 1.29 is 27.5 Å². The summed E-state index contributed by atoms with van der Waals surface area (Å²) in [5, 5.41) is 3.86. The van der Waals surface area contributed by atoms with Gasteiger partial charge < -0.3 is 14.5 Å². The molecule has 0 atom stereocenters. The maximum Gasteiger partial charge on any atom is 0.435 e. The van der Waals surface area contributed by atoms with Crippen LogP contribution in [0.4, 0.5) is 18.9 Å². The Morgan fingerprint density at radius 2 is 1.65 bits per heavy atom. The third-order valence-corrected chi connectivity index (χ3v) is 8.28. The van der Waals surface area contributed by atoms with Crippen LogP contribution in [-0.2, 0) is 22.8 Å². The molecule has 2 heterocycles. The minimum atomic E-state index is -4.69. The van der Waals surface area contributed by atoms with Crippen molar-refractivity contribution in [2.24, 2.45) is 0 Å². The van der Waals surface area contributed by atoms with E-state index in [1.807, 2.05) is 31.3 Å². The van der Waals surface area contributed by atoms with Crippen LogP contribution in [0.25, 0.3) is 5.69 Å². The molecule has 1 aliphatic carbocycles. The van der Waals surface area contributed by atoms with Gasteiger partial charge in [-0.3, -0.25) is 9.59 Å². The molecule has 2 aromatic carbocycles. The van der Waals surface area contributed by atoms with E-state index in [1.54, 1.807) is 36.1 Å². The summed E-state index contributed by atoms with van der Waals surface area (Å²) in [4.78, 5) is 29.1. The summed E-state index contributed by atoms with van der Waals surface area (Å²) in [7, 11) is 3.31. The third-order valence-electron chi connectivity index (χ3n) is 8.28. The van der Waals surface area contributed by atoms with Gasteiger partial charge in [-0.1, -0.05) is 31.4 Å². The smallest absolute Gasteiger partial charge is 0.435 e. The average Bonchev–Trinajstić information content (AvgIpc) is 3.35. The Morgan fingerprint density at radius 1 is 1.02 bits per heavy atom. The predicted molar refractivity (Wildman–Crippen MR) is 145 cm³/mol. The molecule has 0 spiro atoms. The summed E-state index contributed by atoms with van der Waals surface area (Å²) in [6.07, 6.45) is 0.606. The van der Waals surface area contributed by atoms with Gasteiger partial charge >= 0.3 is 6.18 Å². The Balaban J connectivity index is 1.49. The first-order valence-electron chi connectivity index (χ1n) is 13.5. The number of alkyl halides is 3. The first-order chi connectivity index (χ1) is 19.0. The van der Waals surface area contributed by atoms with E-state index in [0.717, 1.165) is 42.3 Å². The highest BCUT2D eigenvalue weighted by Gasteiger charge is 2.43. The number of hydrogen-bond acceptors (Lipinski definition) is 4. The van der Waals surface area contributed by atoms with E-state index in [2.05, 4.69) is 5.10 Å². The number of anilines is 1. The molecule has 1 aliphatic heterocycles. The molecule has 5 rings (SSSR count). The number of benzene rings is 2. The van der Waals surface area contributed by atoms with Crippen molar-refractivity contribution in [3.8, 4) is 11.4 Å². The van der Waals surface area contributed by atoms with Crippen molar-refractivity contribution in [2.45, 2.75) is 57.0 Å². The van der Waals surface area contributed by atoms with Crippen LogP contribution in [-0.4, -0.2) is 53.7 Å². The van der Waals surface area contributed by atoms with Gasteiger partial charge in [-0.05, 0) is 61.2 Å². The Labute approximate surface area is 231 Å². The van der Waals surface area contributed by atoms with E-state index >= 15 is 0 Å². The Morgan fingerprint density at radius 3 is 2.23 bits per heavy atom. The van der Waals surface area contributed by atoms with Crippen LogP contribution in [0.1, 0.15) is 66.3 Å². The van der Waals surface area contributed by atoms with Crippen molar-refractivity contribution in [1.29, 1.82) is 0 Å². The highest BCUT2D eigenvalue weighted by molar-refractivity contribution is 6.07. The fourth-order valence-corrected chi connectivity index (χ4v) is 6.07. The van der Waals surface area contributed by atoms with Gasteiger partial charge in [0.15, 0.2) is 5.69 Å². The number of likely N-dealkylation sites (N-methyl/N-ethyl adjacent to an activating group) is 1. The fraction of sp³-hybridized carbons (Fsp3) is 0.433. The lowest BCUT2D eigenvalue weighted by Gasteiger charge is -2.41. The minimum Gasteiger partial charge on any atom is -0.497 e. The predicted octanol–water partition coefficient (Wildman–Crippen LogP) is 5.78. The summed E-state index contributed by atoms with van der Waals surface area (Å²) in [6.45, 7) is 2.30. The van der Waals surface area contributed by atoms with Gasteiger partial charge in [0.2, 0.25) is 5.91 Å². The molecule has 1 aromatic heterocycles. The van der Waals surface area contributed by atoms with E-state index in [9.17, 15) is 22.8 Å². The molecule has 40 heavy (non-hydrogen) atoms. The van der Waals surface area contributed by atoms with Crippen LogP contribution in [0.5, 0.6) is 5.75 Å². The second-order valence-electron chi connectivity index (χ2n) is 10.8. The van der Waals surface area contributed by atoms with E-state index in [0.29, 0.717) is 23.7 Å². The molecular formula is C30H33F3N4O3. The molecule has 0 bridgehead atoms. The van der Waals surface area contributed by atoms with Crippen molar-refractivity contribution >= 4 is 17.5 Å².